The summed E-state index contributed by atoms with van der Waals surface area (Å²) >= 11 is 0. The number of fused-ring (bicyclic) bond motifs is 1. The molecule has 208 valence electrons. The smallest absolute Gasteiger partial charge is 0.319 e. The van der Waals surface area contributed by atoms with E-state index in [4.69, 9.17) is 14.7 Å². The van der Waals surface area contributed by atoms with Crippen molar-refractivity contribution in [1.82, 2.24) is 20.2 Å². The fraction of sp³-hybridized carbons (Fsp3) is 0.419. The maximum atomic E-state index is 13.2. The number of urea groups is 1. The Morgan fingerprint density at radius 2 is 1.73 bits per heavy atom. The number of aromatic nitrogens is 2. The van der Waals surface area contributed by atoms with Crippen LogP contribution < -0.4 is 15.5 Å². The van der Waals surface area contributed by atoms with Crippen LogP contribution in [0.3, 0.4) is 0 Å². The van der Waals surface area contributed by atoms with Gasteiger partial charge in [0.2, 0.25) is 0 Å². The first-order valence-corrected chi connectivity index (χ1v) is 14.1. The second-order valence-corrected chi connectivity index (χ2v) is 11.5. The molecule has 1 atom stereocenters. The molecule has 3 aliphatic rings. The van der Waals surface area contributed by atoms with Gasteiger partial charge in [-0.3, -0.25) is 4.79 Å². The van der Waals surface area contributed by atoms with Gasteiger partial charge >= 0.3 is 6.03 Å². The second kappa shape index (κ2) is 10.9. The second-order valence-electron chi connectivity index (χ2n) is 11.5. The molecule has 0 radical (unpaired) electrons. The van der Waals surface area contributed by atoms with E-state index in [-0.39, 0.29) is 18.0 Å². The predicted octanol–water partition coefficient (Wildman–Crippen LogP) is 4.84. The van der Waals surface area contributed by atoms with E-state index in [1.54, 1.807) is 0 Å². The van der Waals surface area contributed by atoms with Crippen LogP contribution in [0.25, 0.3) is 11.4 Å². The summed E-state index contributed by atoms with van der Waals surface area (Å²) in [6.45, 7) is 8.00. The molecule has 3 aromatic rings. The van der Waals surface area contributed by atoms with E-state index in [0.29, 0.717) is 48.8 Å². The fourth-order valence-corrected chi connectivity index (χ4v) is 5.61. The van der Waals surface area contributed by atoms with Crippen LogP contribution in [-0.4, -0.2) is 59.2 Å². The van der Waals surface area contributed by atoms with E-state index in [1.807, 2.05) is 59.5 Å². The molecule has 1 aliphatic carbocycles. The number of ether oxygens (including phenoxy) is 1. The highest BCUT2D eigenvalue weighted by Crippen LogP contribution is 2.48. The Hall–Kier alpha value is -3.98. The lowest BCUT2D eigenvalue weighted by molar-refractivity contribution is 0.0750. The number of anilines is 2. The van der Waals surface area contributed by atoms with Crippen LogP contribution >= 0.6 is 0 Å². The monoisotopic (exact) mass is 540 g/mol. The topological polar surface area (TPSA) is 99.7 Å². The van der Waals surface area contributed by atoms with Gasteiger partial charge in [-0.25, -0.2) is 14.8 Å². The summed E-state index contributed by atoms with van der Waals surface area (Å²) in [5.41, 5.74) is 4.48. The van der Waals surface area contributed by atoms with Crippen molar-refractivity contribution in [3.8, 4) is 11.4 Å². The standard InChI is InChI=1S/C31H36N6O3/c1-21(18-31(2)12-13-31)32-30(39)33-24-10-8-22(9-11-24)27-34-26-20-37(29(38)23-6-4-3-5-7-23)19-25(26)28(35-27)36-14-16-40-17-15-36/h3-11,21H,12-20H2,1-2H3,(H2,32,33,39). The molecule has 0 bridgehead atoms. The third kappa shape index (κ3) is 5.79. The lowest BCUT2D eigenvalue weighted by Crippen LogP contribution is -2.37. The first-order chi connectivity index (χ1) is 19.4. The zero-order valence-electron chi connectivity index (χ0n) is 23.2. The molecule has 9 heteroatoms. The number of morpholine rings is 1. The minimum atomic E-state index is -0.198. The molecule has 6 rings (SSSR count). The predicted molar refractivity (Wildman–Crippen MR) is 154 cm³/mol. The van der Waals surface area contributed by atoms with E-state index in [2.05, 4.69) is 29.4 Å². The maximum absolute atomic E-state index is 13.2. The molecule has 0 spiro atoms. The van der Waals surface area contributed by atoms with Crippen LogP contribution in [0.4, 0.5) is 16.3 Å². The first-order valence-electron chi connectivity index (χ1n) is 14.1. The molecule has 1 saturated heterocycles. The molecule has 3 amide bonds. The van der Waals surface area contributed by atoms with Gasteiger partial charge in [-0.15, -0.1) is 0 Å². The van der Waals surface area contributed by atoms with Crippen molar-refractivity contribution in [3.63, 3.8) is 0 Å². The quantitative estimate of drug-likeness (QED) is 0.445. The number of hydrogen-bond donors (Lipinski definition) is 2. The molecule has 2 N–H and O–H groups in total. The maximum Gasteiger partial charge on any atom is 0.319 e. The number of carbonyl (C=O) groups is 2. The summed E-state index contributed by atoms with van der Waals surface area (Å²) in [5.74, 6) is 1.46. The number of carbonyl (C=O) groups excluding carboxylic acids is 2. The summed E-state index contributed by atoms with van der Waals surface area (Å²) in [5, 5.41) is 5.98. The highest BCUT2D eigenvalue weighted by atomic mass is 16.5. The lowest BCUT2D eigenvalue weighted by atomic mass is 10.0. The van der Waals surface area contributed by atoms with Gasteiger partial charge in [-0.05, 0) is 68.0 Å². The van der Waals surface area contributed by atoms with Gasteiger partial charge in [0.1, 0.15) is 5.82 Å². The summed E-state index contributed by atoms with van der Waals surface area (Å²) in [4.78, 5) is 39.7. The molecule has 2 aromatic carbocycles. The van der Waals surface area contributed by atoms with Crippen molar-refractivity contribution < 1.29 is 14.3 Å². The number of nitrogens with zero attached hydrogens (tertiary/aromatic N) is 4. The van der Waals surface area contributed by atoms with Crippen molar-refractivity contribution in [2.45, 2.75) is 52.2 Å². The highest BCUT2D eigenvalue weighted by Gasteiger charge is 2.38. The summed E-state index contributed by atoms with van der Waals surface area (Å²) in [6, 6.07) is 16.9. The van der Waals surface area contributed by atoms with E-state index in [9.17, 15) is 9.59 Å². The number of amides is 3. The van der Waals surface area contributed by atoms with Gasteiger partial charge in [0.05, 0.1) is 32.0 Å². The van der Waals surface area contributed by atoms with E-state index in [1.165, 1.54) is 12.8 Å². The molecule has 1 saturated carbocycles. The number of nitrogens with one attached hydrogen (secondary N) is 2. The SMILES string of the molecule is CC(CC1(C)CC1)NC(=O)Nc1ccc(-c2nc3c(c(N4CCOCC4)n2)CN(C(=O)c2ccccc2)C3)cc1. The van der Waals surface area contributed by atoms with Crippen LogP contribution in [0.5, 0.6) is 0 Å². The van der Waals surface area contributed by atoms with Crippen LogP contribution in [-0.2, 0) is 17.8 Å². The minimum Gasteiger partial charge on any atom is -0.378 e. The van der Waals surface area contributed by atoms with Gasteiger partial charge in [0, 0.05) is 41.5 Å². The normalized spacial score (nSPS) is 18.1. The molecule has 3 heterocycles. The Bertz CT molecular complexity index is 1380. The Kier molecular flexibility index (Phi) is 7.14. The van der Waals surface area contributed by atoms with E-state index < -0.39 is 0 Å². The fourth-order valence-electron chi connectivity index (χ4n) is 5.61. The lowest BCUT2D eigenvalue weighted by Gasteiger charge is -2.29. The molecule has 40 heavy (non-hydrogen) atoms. The molecule has 1 unspecified atom stereocenters. The van der Waals surface area contributed by atoms with E-state index >= 15 is 0 Å². The summed E-state index contributed by atoms with van der Waals surface area (Å²) in [7, 11) is 0. The molecule has 2 fully saturated rings. The van der Waals surface area contributed by atoms with Crippen LogP contribution in [0, 0.1) is 5.41 Å². The average molecular weight is 541 g/mol. The highest BCUT2D eigenvalue weighted by molar-refractivity contribution is 5.94. The summed E-state index contributed by atoms with van der Waals surface area (Å²) < 4.78 is 5.58. The number of rotatable bonds is 7. The Labute approximate surface area is 234 Å². The zero-order valence-corrected chi connectivity index (χ0v) is 23.2. The number of hydrogen-bond acceptors (Lipinski definition) is 6. The van der Waals surface area contributed by atoms with Gasteiger partial charge in [0.15, 0.2) is 5.82 Å². The molecular formula is C31H36N6O3. The molecule has 9 nitrogen and oxygen atoms in total. The van der Waals surface area contributed by atoms with Crippen LogP contribution in [0.1, 0.15) is 54.7 Å². The average Bonchev–Trinajstić information content (AvgIpc) is 3.52. The molecule has 1 aromatic heterocycles. The largest absolute Gasteiger partial charge is 0.378 e. The van der Waals surface area contributed by atoms with Crippen LogP contribution in [0.15, 0.2) is 54.6 Å². The van der Waals surface area contributed by atoms with E-state index in [0.717, 1.165) is 42.1 Å². The zero-order chi connectivity index (χ0) is 27.7. The first kappa shape index (κ1) is 26.3. The number of benzene rings is 2. The van der Waals surface area contributed by atoms with Crippen molar-refractivity contribution in [2.75, 3.05) is 36.5 Å². The van der Waals surface area contributed by atoms with Gasteiger partial charge in [0.25, 0.3) is 5.91 Å². The minimum absolute atomic E-state index is 0.0117. The summed E-state index contributed by atoms with van der Waals surface area (Å²) in [6.07, 6.45) is 3.47. The van der Waals surface area contributed by atoms with Gasteiger partial charge < -0.3 is 25.2 Å². The van der Waals surface area contributed by atoms with Crippen molar-refractivity contribution in [2.24, 2.45) is 5.41 Å². The molecule has 2 aliphatic heterocycles. The van der Waals surface area contributed by atoms with Crippen molar-refractivity contribution in [3.05, 3.63) is 71.4 Å². The Morgan fingerprint density at radius 3 is 2.42 bits per heavy atom. The third-order valence-electron chi connectivity index (χ3n) is 8.06. The van der Waals surface area contributed by atoms with Gasteiger partial charge in [-0.2, -0.15) is 0 Å². The van der Waals surface area contributed by atoms with Gasteiger partial charge in [-0.1, -0.05) is 25.1 Å². The third-order valence-corrected chi connectivity index (χ3v) is 8.06. The molecular weight excluding hydrogens is 504 g/mol. The van der Waals surface area contributed by atoms with Crippen molar-refractivity contribution in [1.29, 1.82) is 0 Å². The Morgan fingerprint density at radius 1 is 1.00 bits per heavy atom. The Balaban J connectivity index is 1.20. The van der Waals surface area contributed by atoms with Crippen LogP contribution in [0.2, 0.25) is 0 Å². The van der Waals surface area contributed by atoms with Crippen molar-refractivity contribution >= 4 is 23.4 Å².